The molecule has 0 radical (unpaired) electrons. The largest absolute Gasteiger partial charge is 0.416 e. The molecule has 1 aliphatic heterocycles. The summed E-state index contributed by atoms with van der Waals surface area (Å²) in [5, 5.41) is 15.0. The molecule has 2 N–H and O–H groups in total. The van der Waals surface area contributed by atoms with Crippen molar-refractivity contribution in [2.24, 2.45) is 17.3 Å². The van der Waals surface area contributed by atoms with Crippen LogP contribution < -0.4 is 10.6 Å². The molecular formula is C26H35F3N4O3. The summed E-state index contributed by atoms with van der Waals surface area (Å²) in [7, 11) is 3.30. The topological polar surface area (TPSA) is 102 Å². The van der Waals surface area contributed by atoms with E-state index >= 15 is 0 Å². The first-order chi connectivity index (χ1) is 16.6. The second kappa shape index (κ2) is 11.9. The van der Waals surface area contributed by atoms with Crippen molar-refractivity contribution in [2.45, 2.75) is 64.7 Å². The number of amides is 2. The average Bonchev–Trinajstić information content (AvgIpc) is 3.15. The van der Waals surface area contributed by atoms with Gasteiger partial charge in [0, 0.05) is 24.8 Å². The molecule has 1 fully saturated rings. The first kappa shape index (κ1) is 29.3. The van der Waals surface area contributed by atoms with Crippen LogP contribution in [0, 0.1) is 28.6 Å². The Morgan fingerprint density at radius 1 is 1.19 bits per heavy atom. The van der Waals surface area contributed by atoms with Crippen LogP contribution in [0.25, 0.3) is 0 Å². The summed E-state index contributed by atoms with van der Waals surface area (Å²) in [5.41, 5.74) is -0.715. The predicted octanol–water partition coefficient (Wildman–Crippen LogP) is 3.85. The van der Waals surface area contributed by atoms with Gasteiger partial charge >= 0.3 is 6.18 Å². The van der Waals surface area contributed by atoms with Gasteiger partial charge in [-0.2, -0.15) is 18.4 Å². The molecule has 7 nitrogen and oxygen atoms in total. The maximum atomic E-state index is 13.4. The van der Waals surface area contributed by atoms with Crippen LogP contribution in [0.15, 0.2) is 24.3 Å². The van der Waals surface area contributed by atoms with Gasteiger partial charge in [0.05, 0.1) is 17.7 Å². The second-order valence-corrected chi connectivity index (χ2v) is 10.8. The Labute approximate surface area is 210 Å². The number of rotatable bonds is 10. The van der Waals surface area contributed by atoms with Crippen molar-refractivity contribution < 1.29 is 27.6 Å². The summed E-state index contributed by atoms with van der Waals surface area (Å²) in [5.74, 6) is -2.00. The minimum Gasteiger partial charge on any atom is -0.356 e. The summed E-state index contributed by atoms with van der Waals surface area (Å²) in [4.78, 5) is 40.1. The number of carbonyl (C=O) groups excluding carboxylic acids is 3. The molecule has 1 aromatic carbocycles. The minimum absolute atomic E-state index is 0.142. The highest BCUT2D eigenvalue weighted by molar-refractivity contribution is 5.90. The van der Waals surface area contributed by atoms with Crippen LogP contribution in [-0.2, 0) is 20.6 Å². The molecule has 198 valence electrons. The molecule has 0 unspecified atom stereocenters. The van der Waals surface area contributed by atoms with Gasteiger partial charge in [0.2, 0.25) is 11.8 Å². The van der Waals surface area contributed by atoms with Gasteiger partial charge in [-0.05, 0) is 56.5 Å². The van der Waals surface area contributed by atoms with E-state index in [-0.39, 0.29) is 35.9 Å². The van der Waals surface area contributed by atoms with Crippen molar-refractivity contribution >= 4 is 17.6 Å². The highest BCUT2D eigenvalue weighted by Crippen LogP contribution is 2.33. The molecule has 0 aromatic heterocycles. The first-order valence-corrected chi connectivity index (χ1v) is 12.0. The molecule has 1 saturated heterocycles. The number of hydrogen-bond donors (Lipinski definition) is 2. The summed E-state index contributed by atoms with van der Waals surface area (Å²) in [6.45, 7) is 6.33. The number of likely N-dealkylation sites (N-methyl/N-ethyl adjacent to an activating group) is 1. The Balaban J connectivity index is 2.21. The molecule has 0 aliphatic carbocycles. The van der Waals surface area contributed by atoms with E-state index in [1.54, 1.807) is 19.0 Å². The van der Waals surface area contributed by atoms with Crippen molar-refractivity contribution in [3.8, 4) is 6.07 Å². The van der Waals surface area contributed by atoms with Crippen LogP contribution in [0.5, 0.6) is 0 Å². The standard InChI is InChI=1S/C26H35F3N4O3/c1-25(2,3)14-18(24(36)32-20(15-30)12-17-10-11-31-23(17)35)13-21(34)22(33(4)5)16-6-8-19(9-7-16)26(27,28)29/h6-9,17-18,20,22H,10-14H2,1-5H3,(H,31,35)(H,32,36)/t17-,18-,20-,22+/m0/s1. The van der Waals surface area contributed by atoms with E-state index in [0.29, 0.717) is 24.9 Å². The van der Waals surface area contributed by atoms with E-state index in [1.165, 1.54) is 12.1 Å². The summed E-state index contributed by atoms with van der Waals surface area (Å²) >= 11 is 0. The zero-order valence-electron chi connectivity index (χ0n) is 21.4. The molecule has 1 aromatic rings. The Morgan fingerprint density at radius 3 is 2.25 bits per heavy atom. The quantitative estimate of drug-likeness (QED) is 0.500. The Hall–Kier alpha value is -2.93. The number of nitriles is 1. The highest BCUT2D eigenvalue weighted by Gasteiger charge is 2.35. The highest BCUT2D eigenvalue weighted by atomic mass is 19.4. The van der Waals surface area contributed by atoms with Crippen molar-refractivity contribution in [3.63, 3.8) is 0 Å². The smallest absolute Gasteiger partial charge is 0.356 e. The lowest BCUT2D eigenvalue weighted by Gasteiger charge is -2.29. The van der Waals surface area contributed by atoms with Crippen LogP contribution in [0.3, 0.4) is 0 Å². The zero-order chi connectivity index (χ0) is 27.3. The second-order valence-electron chi connectivity index (χ2n) is 10.8. The van der Waals surface area contributed by atoms with Gasteiger partial charge in [-0.15, -0.1) is 0 Å². The van der Waals surface area contributed by atoms with Gasteiger partial charge in [0.25, 0.3) is 0 Å². The van der Waals surface area contributed by atoms with Gasteiger partial charge in [-0.3, -0.25) is 19.3 Å². The van der Waals surface area contributed by atoms with E-state index in [4.69, 9.17) is 0 Å². The molecular weight excluding hydrogens is 473 g/mol. The molecule has 2 rings (SSSR count). The number of nitrogens with zero attached hydrogens (tertiary/aromatic N) is 2. The van der Waals surface area contributed by atoms with Gasteiger partial charge < -0.3 is 10.6 Å². The van der Waals surface area contributed by atoms with Gasteiger partial charge in [0.1, 0.15) is 6.04 Å². The van der Waals surface area contributed by atoms with E-state index in [2.05, 4.69) is 10.6 Å². The normalized spacial score (nSPS) is 18.8. The van der Waals surface area contributed by atoms with E-state index in [0.717, 1.165) is 12.1 Å². The number of Topliss-reactive ketones (excluding diaryl/α,β-unsaturated/α-hetero) is 1. The number of benzene rings is 1. The molecule has 1 heterocycles. The van der Waals surface area contributed by atoms with E-state index < -0.39 is 35.6 Å². The summed E-state index contributed by atoms with van der Waals surface area (Å²) in [6.07, 6.45) is -3.48. The number of ketones is 1. The molecule has 0 spiro atoms. The maximum Gasteiger partial charge on any atom is 0.416 e. The zero-order valence-corrected chi connectivity index (χ0v) is 21.4. The van der Waals surface area contributed by atoms with Gasteiger partial charge in [0.15, 0.2) is 5.78 Å². The fraction of sp³-hybridized carbons (Fsp3) is 0.615. The van der Waals surface area contributed by atoms with Crippen LogP contribution in [0.2, 0.25) is 0 Å². The van der Waals surface area contributed by atoms with Crippen LogP contribution >= 0.6 is 0 Å². The third kappa shape index (κ3) is 8.33. The Kier molecular flexibility index (Phi) is 9.66. The van der Waals surface area contributed by atoms with Crippen LogP contribution in [0.1, 0.15) is 63.6 Å². The molecule has 36 heavy (non-hydrogen) atoms. The molecule has 0 saturated carbocycles. The lowest BCUT2D eigenvalue weighted by Crippen LogP contribution is -2.42. The van der Waals surface area contributed by atoms with Gasteiger partial charge in [-0.1, -0.05) is 32.9 Å². The molecule has 0 bridgehead atoms. The third-order valence-corrected chi connectivity index (χ3v) is 6.21. The Bertz CT molecular complexity index is 978. The van der Waals surface area contributed by atoms with E-state index in [9.17, 15) is 32.8 Å². The number of nitrogens with one attached hydrogen (secondary N) is 2. The minimum atomic E-state index is -4.48. The lowest BCUT2D eigenvalue weighted by molar-refractivity contribution is -0.137. The van der Waals surface area contributed by atoms with Crippen LogP contribution in [0.4, 0.5) is 13.2 Å². The monoisotopic (exact) mass is 508 g/mol. The maximum absolute atomic E-state index is 13.4. The number of hydrogen-bond acceptors (Lipinski definition) is 5. The summed E-state index contributed by atoms with van der Waals surface area (Å²) < 4.78 is 38.9. The van der Waals surface area contributed by atoms with E-state index in [1.807, 2.05) is 26.8 Å². The number of alkyl halides is 3. The number of carbonyl (C=O) groups is 3. The Morgan fingerprint density at radius 2 is 1.81 bits per heavy atom. The molecule has 2 amide bonds. The molecule has 1 aliphatic rings. The fourth-order valence-corrected chi connectivity index (χ4v) is 4.57. The van der Waals surface area contributed by atoms with Crippen molar-refractivity contribution in [2.75, 3.05) is 20.6 Å². The van der Waals surface area contributed by atoms with Crippen molar-refractivity contribution in [3.05, 3.63) is 35.4 Å². The molecule has 10 heteroatoms. The lowest BCUT2D eigenvalue weighted by atomic mass is 9.80. The van der Waals surface area contributed by atoms with Crippen molar-refractivity contribution in [1.29, 1.82) is 5.26 Å². The number of halogens is 3. The molecule has 4 atom stereocenters. The van der Waals surface area contributed by atoms with Gasteiger partial charge in [-0.25, -0.2) is 0 Å². The summed E-state index contributed by atoms with van der Waals surface area (Å²) in [6, 6.07) is 4.77. The van der Waals surface area contributed by atoms with Crippen molar-refractivity contribution in [1.82, 2.24) is 15.5 Å². The SMILES string of the molecule is CN(C)[C@@H](C(=O)C[C@@H](CC(C)(C)C)C(=O)N[C@H](C#N)C[C@@H]1CCNC1=O)c1ccc(C(F)(F)F)cc1. The first-order valence-electron chi connectivity index (χ1n) is 12.0. The average molecular weight is 509 g/mol. The predicted molar refractivity (Wildman–Crippen MR) is 128 cm³/mol. The fourth-order valence-electron chi connectivity index (χ4n) is 4.57. The van der Waals surface area contributed by atoms with Crippen LogP contribution in [-0.4, -0.2) is 49.2 Å². The third-order valence-electron chi connectivity index (χ3n) is 6.21.